The van der Waals surface area contributed by atoms with Crippen LogP contribution in [0.1, 0.15) is 29.3 Å². The Bertz CT molecular complexity index is 1140. The molecule has 1 amide bonds. The summed E-state index contributed by atoms with van der Waals surface area (Å²) in [4.78, 5) is 36.2. The molecule has 3 rings (SSSR count). The van der Waals surface area contributed by atoms with E-state index in [-0.39, 0.29) is 16.9 Å². The van der Waals surface area contributed by atoms with Crippen LogP contribution in [0.5, 0.6) is 11.5 Å². The van der Waals surface area contributed by atoms with Crippen molar-refractivity contribution in [3.63, 3.8) is 0 Å². The molecule has 30 heavy (non-hydrogen) atoms. The molecule has 1 N–H and O–H groups in total. The summed E-state index contributed by atoms with van der Waals surface area (Å²) < 4.78 is 15.6. The van der Waals surface area contributed by atoms with Crippen LogP contribution in [0.4, 0.5) is 0 Å². The Kier molecular flexibility index (Phi) is 6.64. The molecule has 0 saturated carbocycles. The maximum Gasteiger partial charge on any atom is 0.349 e. The molecule has 0 atom stereocenters. The van der Waals surface area contributed by atoms with Gasteiger partial charge in [-0.25, -0.2) is 9.59 Å². The second-order valence-electron chi connectivity index (χ2n) is 6.43. The summed E-state index contributed by atoms with van der Waals surface area (Å²) in [6.45, 7) is 2.38. The summed E-state index contributed by atoms with van der Waals surface area (Å²) in [6, 6.07) is 13.3. The Labute approximate surface area is 172 Å². The minimum absolute atomic E-state index is 0.0666. The van der Waals surface area contributed by atoms with Gasteiger partial charge in [0.15, 0.2) is 0 Å². The molecule has 2 aromatic carbocycles. The highest BCUT2D eigenvalue weighted by Gasteiger charge is 2.14. The number of nitrogens with one attached hydrogen (secondary N) is 1. The standard InChI is InChI=1S/C23H21NO6/c1-3-12-24-22(26)19-13-16-7-10-18(14-20(16)30-23(19)27)29-21(25)11-6-15-4-8-17(28-2)9-5-15/h4-11,13-14H,3,12H2,1-2H3,(H,24,26)/b11-6+. The molecule has 7 heteroatoms. The Morgan fingerprint density at radius 2 is 1.80 bits per heavy atom. The van der Waals surface area contributed by atoms with Crippen LogP contribution in [0.25, 0.3) is 17.0 Å². The molecule has 3 aromatic rings. The molecule has 0 aliphatic rings. The van der Waals surface area contributed by atoms with Gasteiger partial charge >= 0.3 is 11.6 Å². The number of fused-ring (bicyclic) bond motifs is 1. The fraction of sp³-hybridized carbons (Fsp3) is 0.174. The van der Waals surface area contributed by atoms with Crippen LogP contribution in [0.3, 0.4) is 0 Å². The van der Waals surface area contributed by atoms with E-state index in [2.05, 4.69) is 5.32 Å². The van der Waals surface area contributed by atoms with E-state index in [0.29, 0.717) is 11.9 Å². The van der Waals surface area contributed by atoms with Crippen LogP contribution in [-0.4, -0.2) is 25.5 Å². The van der Waals surface area contributed by atoms with Gasteiger partial charge in [-0.15, -0.1) is 0 Å². The van der Waals surface area contributed by atoms with Gasteiger partial charge in [0.25, 0.3) is 5.91 Å². The molecule has 1 heterocycles. The van der Waals surface area contributed by atoms with Crippen LogP contribution in [0.15, 0.2) is 63.8 Å². The Balaban J connectivity index is 1.73. The highest BCUT2D eigenvalue weighted by atomic mass is 16.5. The fourth-order valence-electron chi connectivity index (χ4n) is 2.68. The first kappa shape index (κ1) is 20.9. The lowest BCUT2D eigenvalue weighted by atomic mass is 10.1. The molecule has 154 valence electrons. The van der Waals surface area contributed by atoms with Crippen molar-refractivity contribution in [3.8, 4) is 11.5 Å². The Morgan fingerprint density at radius 3 is 2.50 bits per heavy atom. The molecule has 0 fully saturated rings. The number of carbonyl (C=O) groups is 2. The van der Waals surface area contributed by atoms with Crippen molar-refractivity contribution in [2.24, 2.45) is 0 Å². The minimum atomic E-state index is -0.751. The number of amides is 1. The third-order valence-electron chi connectivity index (χ3n) is 4.23. The number of hydrogen-bond acceptors (Lipinski definition) is 6. The van der Waals surface area contributed by atoms with Crippen LogP contribution in [0, 0.1) is 0 Å². The summed E-state index contributed by atoms with van der Waals surface area (Å²) in [5, 5.41) is 3.19. The Hall–Kier alpha value is -3.87. The van der Waals surface area contributed by atoms with Crippen LogP contribution < -0.4 is 20.4 Å². The monoisotopic (exact) mass is 407 g/mol. The first-order valence-corrected chi connectivity index (χ1v) is 9.40. The van der Waals surface area contributed by atoms with Gasteiger partial charge in [0.1, 0.15) is 22.6 Å². The topological polar surface area (TPSA) is 94.8 Å². The highest BCUT2D eigenvalue weighted by molar-refractivity contribution is 5.97. The predicted molar refractivity (Wildman–Crippen MR) is 113 cm³/mol. The Morgan fingerprint density at radius 1 is 1.07 bits per heavy atom. The van der Waals surface area contributed by atoms with Gasteiger partial charge in [-0.2, -0.15) is 0 Å². The second-order valence-corrected chi connectivity index (χ2v) is 6.43. The van der Waals surface area contributed by atoms with Crippen molar-refractivity contribution in [1.29, 1.82) is 0 Å². The number of methoxy groups -OCH3 is 1. The van der Waals surface area contributed by atoms with Gasteiger partial charge in [-0.3, -0.25) is 4.79 Å². The van der Waals surface area contributed by atoms with Crippen molar-refractivity contribution in [2.75, 3.05) is 13.7 Å². The van der Waals surface area contributed by atoms with Gasteiger partial charge in [-0.05, 0) is 48.4 Å². The summed E-state index contributed by atoms with van der Waals surface area (Å²) in [5.41, 5.74) is 0.213. The molecule has 0 bridgehead atoms. The number of rotatable bonds is 7. The first-order chi connectivity index (χ1) is 14.5. The highest BCUT2D eigenvalue weighted by Crippen LogP contribution is 2.21. The molecule has 0 spiro atoms. The van der Waals surface area contributed by atoms with Gasteiger partial charge in [0, 0.05) is 24.1 Å². The maximum absolute atomic E-state index is 12.1. The molecular weight excluding hydrogens is 386 g/mol. The molecule has 7 nitrogen and oxygen atoms in total. The molecule has 0 saturated heterocycles. The summed E-state index contributed by atoms with van der Waals surface area (Å²) in [5.74, 6) is -0.119. The molecule has 0 aliphatic heterocycles. The average Bonchev–Trinajstić information content (AvgIpc) is 2.75. The second kappa shape index (κ2) is 9.56. The van der Waals surface area contributed by atoms with E-state index in [1.165, 1.54) is 18.2 Å². The number of hydrogen-bond donors (Lipinski definition) is 1. The summed E-state index contributed by atoms with van der Waals surface area (Å²) in [6.07, 6.45) is 3.67. The number of esters is 1. The van der Waals surface area contributed by atoms with E-state index in [1.54, 1.807) is 37.5 Å². The zero-order chi connectivity index (χ0) is 21.5. The predicted octanol–water partition coefficient (Wildman–Crippen LogP) is 3.56. The molecular formula is C23H21NO6. The number of benzene rings is 2. The van der Waals surface area contributed by atoms with Crippen molar-refractivity contribution in [1.82, 2.24) is 5.32 Å². The van der Waals surface area contributed by atoms with Crippen molar-refractivity contribution >= 4 is 28.9 Å². The molecule has 0 radical (unpaired) electrons. The number of ether oxygens (including phenoxy) is 2. The third-order valence-corrected chi connectivity index (χ3v) is 4.23. The van der Waals surface area contributed by atoms with Crippen LogP contribution in [-0.2, 0) is 4.79 Å². The quantitative estimate of drug-likeness (QED) is 0.279. The number of carbonyl (C=O) groups excluding carboxylic acids is 2. The van der Waals surface area contributed by atoms with Crippen molar-refractivity contribution in [2.45, 2.75) is 13.3 Å². The lowest BCUT2D eigenvalue weighted by Crippen LogP contribution is -2.28. The SMILES string of the molecule is CCCNC(=O)c1cc2ccc(OC(=O)/C=C/c3ccc(OC)cc3)cc2oc1=O. The zero-order valence-corrected chi connectivity index (χ0v) is 16.6. The average molecular weight is 407 g/mol. The van der Waals surface area contributed by atoms with E-state index in [9.17, 15) is 14.4 Å². The minimum Gasteiger partial charge on any atom is -0.497 e. The van der Waals surface area contributed by atoms with E-state index in [1.807, 2.05) is 19.1 Å². The molecule has 1 aromatic heterocycles. The van der Waals surface area contributed by atoms with Gasteiger partial charge < -0.3 is 19.2 Å². The van der Waals surface area contributed by atoms with Crippen LogP contribution in [0.2, 0.25) is 0 Å². The lowest BCUT2D eigenvalue weighted by Gasteiger charge is -2.05. The van der Waals surface area contributed by atoms with Gasteiger partial charge in [-0.1, -0.05) is 19.1 Å². The summed E-state index contributed by atoms with van der Waals surface area (Å²) in [7, 11) is 1.58. The normalized spacial score (nSPS) is 10.9. The van der Waals surface area contributed by atoms with E-state index < -0.39 is 17.5 Å². The van der Waals surface area contributed by atoms with Crippen molar-refractivity contribution < 1.29 is 23.5 Å². The van der Waals surface area contributed by atoms with E-state index >= 15 is 0 Å². The first-order valence-electron chi connectivity index (χ1n) is 9.40. The zero-order valence-electron chi connectivity index (χ0n) is 16.6. The van der Waals surface area contributed by atoms with Gasteiger partial charge in [0.2, 0.25) is 0 Å². The molecule has 0 aliphatic carbocycles. The van der Waals surface area contributed by atoms with Crippen molar-refractivity contribution in [3.05, 3.63) is 76.2 Å². The maximum atomic E-state index is 12.1. The van der Waals surface area contributed by atoms with Gasteiger partial charge in [0.05, 0.1) is 7.11 Å². The molecule has 0 unspecified atom stereocenters. The van der Waals surface area contributed by atoms with E-state index in [0.717, 1.165) is 17.7 Å². The fourth-order valence-corrected chi connectivity index (χ4v) is 2.68. The largest absolute Gasteiger partial charge is 0.497 e. The summed E-state index contributed by atoms with van der Waals surface area (Å²) >= 11 is 0. The van der Waals surface area contributed by atoms with Crippen LogP contribution >= 0.6 is 0 Å². The smallest absolute Gasteiger partial charge is 0.349 e. The third kappa shape index (κ3) is 5.14. The lowest BCUT2D eigenvalue weighted by molar-refractivity contribution is -0.128. The van der Waals surface area contributed by atoms with E-state index in [4.69, 9.17) is 13.9 Å².